The molecule has 0 spiro atoms. The van der Waals surface area contributed by atoms with Gasteiger partial charge in [0.1, 0.15) is 0 Å². The van der Waals surface area contributed by atoms with Crippen molar-refractivity contribution < 1.29 is 4.79 Å². The maximum Gasteiger partial charge on any atom is 0.225 e. The molecular weight excluding hydrogens is 260 g/mol. The maximum absolute atomic E-state index is 12.0. The quantitative estimate of drug-likeness (QED) is 0.894. The molecule has 106 valence electrons. The van der Waals surface area contributed by atoms with E-state index in [1.807, 2.05) is 13.8 Å². The molecule has 1 saturated heterocycles. The first kappa shape index (κ1) is 16.0. The first-order valence-electron chi connectivity index (χ1n) is 6.67. The Morgan fingerprint density at radius 1 is 1.32 bits per heavy atom. The van der Waals surface area contributed by atoms with Crippen LogP contribution in [0.3, 0.4) is 0 Å². The van der Waals surface area contributed by atoms with Crippen LogP contribution in [0.25, 0.3) is 0 Å². The van der Waals surface area contributed by atoms with Gasteiger partial charge in [0.25, 0.3) is 0 Å². The van der Waals surface area contributed by atoms with Gasteiger partial charge in [-0.3, -0.25) is 4.79 Å². The largest absolute Gasteiger partial charge is 0.326 e. The van der Waals surface area contributed by atoms with Gasteiger partial charge in [-0.1, -0.05) is 17.7 Å². The number of halogens is 1. The summed E-state index contributed by atoms with van der Waals surface area (Å²) in [4.78, 5) is 12.0. The predicted molar refractivity (Wildman–Crippen MR) is 82.2 cm³/mol. The molecule has 1 heterocycles. The van der Waals surface area contributed by atoms with Crippen LogP contribution in [-0.4, -0.2) is 18.5 Å². The Labute approximate surface area is 121 Å². The third kappa shape index (κ3) is 4.22. The SMILES string of the molecule is Cc1cc(C)c(NC(=O)CC2CCCN2)c(C)c1.Cl. The zero-order chi connectivity index (χ0) is 13.1. The monoisotopic (exact) mass is 282 g/mol. The number of hydrogen-bond acceptors (Lipinski definition) is 2. The Morgan fingerprint density at radius 3 is 2.47 bits per heavy atom. The maximum atomic E-state index is 12.0. The topological polar surface area (TPSA) is 41.1 Å². The molecule has 0 aromatic heterocycles. The van der Waals surface area contributed by atoms with Gasteiger partial charge >= 0.3 is 0 Å². The average molecular weight is 283 g/mol. The Balaban J connectivity index is 0.00000180. The molecule has 1 atom stereocenters. The van der Waals surface area contributed by atoms with Crippen molar-refractivity contribution in [3.63, 3.8) is 0 Å². The van der Waals surface area contributed by atoms with Crippen molar-refractivity contribution in [3.05, 3.63) is 28.8 Å². The van der Waals surface area contributed by atoms with Crippen LogP contribution in [-0.2, 0) is 4.79 Å². The van der Waals surface area contributed by atoms with Gasteiger partial charge in [-0.25, -0.2) is 0 Å². The number of carbonyl (C=O) groups is 1. The predicted octanol–water partition coefficient (Wildman–Crippen LogP) is 3.11. The number of amides is 1. The highest BCUT2D eigenvalue weighted by atomic mass is 35.5. The summed E-state index contributed by atoms with van der Waals surface area (Å²) in [6.45, 7) is 7.21. The second-order valence-electron chi connectivity index (χ2n) is 5.32. The summed E-state index contributed by atoms with van der Waals surface area (Å²) in [5, 5.41) is 6.40. The van der Waals surface area contributed by atoms with Gasteiger partial charge in [0.05, 0.1) is 0 Å². The highest BCUT2D eigenvalue weighted by Gasteiger charge is 2.18. The first-order valence-corrected chi connectivity index (χ1v) is 6.67. The standard InChI is InChI=1S/C15H22N2O.ClH/c1-10-7-11(2)15(12(3)8-10)17-14(18)9-13-5-4-6-16-13;/h7-8,13,16H,4-6,9H2,1-3H3,(H,17,18);1H. The summed E-state index contributed by atoms with van der Waals surface area (Å²) in [7, 11) is 0. The van der Waals surface area contributed by atoms with E-state index in [1.165, 1.54) is 12.0 Å². The molecule has 0 bridgehead atoms. The average Bonchev–Trinajstić information content (AvgIpc) is 2.76. The molecule has 1 aromatic carbocycles. The first-order chi connectivity index (χ1) is 8.56. The van der Waals surface area contributed by atoms with E-state index in [9.17, 15) is 4.79 Å². The van der Waals surface area contributed by atoms with Crippen LogP contribution in [0.4, 0.5) is 5.69 Å². The third-order valence-corrected chi connectivity index (χ3v) is 3.54. The lowest BCUT2D eigenvalue weighted by Gasteiger charge is -2.15. The van der Waals surface area contributed by atoms with Crippen LogP contribution in [0, 0.1) is 20.8 Å². The number of carbonyl (C=O) groups excluding carboxylic acids is 1. The molecule has 0 saturated carbocycles. The second-order valence-corrected chi connectivity index (χ2v) is 5.32. The van der Waals surface area contributed by atoms with Crippen LogP contribution >= 0.6 is 12.4 Å². The molecule has 1 aliphatic heterocycles. The number of anilines is 1. The van der Waals surface area contributed by atoms with E-state index in [4.69, 9.17) is 0 Å². The summed E-state index contributed by atoms with van der Waals surface area (Å²) in [5.41, 5.74) is 4.49. The lowest BCUT2D eigenvalue weighted by atomic mass is 10.0. The minimum Gasteiger partial charge on any atom is -0.326 e. The van der Waals surface area contributed by atoms with Crippen molar-refractivity contribution in [2.75, 3.05) is 11.9 Å². The van der Waals surface area contributed by atoms with Gasteiger partial charge in [-0.2, -0.15) is 0 Å². The Hall–Kier alpha value is -1.06. The third-order valence-electron chi connectivity index (χ3n) is 3.54. The smallest absolute Gasteiger partial charge is 0.225 e. The number of nitrogens with one attached hydrogen (secondary N) is 2. The minimum absolute atomic E-state index is 0. The molecule has 19 heavy (non-hydrogen) atoms. The van der Waals surface area contributed by atoms with Crippen LogP contribution in [0.5, 0.6) is 0 Å². The second kappa shape index (κ2) is 6.92. The Morgan fingerprint density at radius 2 is 1.95 bits per heavy atom. The van der Waals surface area contributed by atoms with Gasteiger partial charge in [-0.15, -0.1) is 12.4 Å². The normalized spacial score (nSPS) is 17.9. The van der Waals surface area contributed by atoms with Crippen molar-refractivity contribution in [2.45, 2.75) is 46.1 Å². The van der Waals surface area contributed by atoms with Crippen LogP contribution in [0.1, 0.15) is 36.0 Å². The van der Waals surface area contributed by atoms with E-state index in [-0.39, 0.29) is 18.3 Å². The Bertz CT molecular complexity index is 430. The van der Waals surface area contributed by atoms with E-state index < -0.39 is 0 Å². The number of benzene rings is 1. The van der Waals surface area contributed by atoms with Crippen molar-refractivity contribution in [3.8, 4) is 0 Å². The summed E-state index contributed by atoms with van der Waals surface area (Å²) >= 11 is 0. The summed E-state index contributed by atoms with van der Waals surface area (Å²) in [6.07, 6.45) is 2.87. The summed E-state index contributed by atoms with van der Waals surface area (Å²) < 4.78 is 0. The van der Waals surface area contributed by atoms with Gasteiger partial charge in [0.2, 0.25) is 5.91 Å². The van der Waals surface area contributed by atoms with Gasteiger partial charge in [0, 0.05) is 18.2 Å². The molecular formula is C15H23ClN2O. The zero-order valence-corrected chi connectivity index (χ0v) is 12.7. The Kier molecular flexibility index (Phi) is 5.83. The van der Waals surface area contributed by atoms with Gasteiger partial charge in [-0.05, 0) is 51.3 Å². The highest BCUT2D eigenvalue weighted by Crippen LogP contribution is 2.22. The van der Waals surface area contributed by atoms with Crippen LogP contribution in [0.2, 0.25) is 0 Å². The van der Waals surface area contributed by atoms with Crippen LogP contribution < -0.4 is 10.6 Å². The summed E-state index contributed by atoms with van der Waals surface area (Å²) in [6, 6.07) is 4.57. The van der Waals surface area contributed by atoms with Gasteiger partial charge < -0.3 is 10.6 Å². The minimum atomic E-state index is 0. The molecule has 4 heteroatoms. The fraction of sp³-hybridized carbons (Fsp3) is 0.533. The van der Waals surface area contributed by atoms with Crippen molar-refractivity contribution in [1.82, 2.24) is 5.32 Å². The van der Waals surface area contributed by atoms with Crippen molar-refractivity contribution >= 4 is 24.0 Å². The van der Waals surface area contributed by atoms with Crippen molar-refractivity contribution in [1.29, 1.82) is 0 Å². The molecule has 1 aliphatic rings. The molecule has 0 aliphatic carbocycles. The molecule has 2 rings (SSSR count). The number of rotatable bonds is 3. The van der Waals surface area contributed by atoms with E-state index in [0.29, 0.717) is 12.5 Å². The lowest BCUT2D eigenvalue weighted by molar-refractivity contribution is -0.116. The molecule has 2 N–H and O–H groups in total. The van der Waals surface area contributed by atoms with Crippen molar-refractivity contribution in [2.24, 2.45) is 0 Å². The molecule has 3 nitrogen and oxygen atoms in total. The molecule has 1 amide bonds. The van der Waals surface area contributed by atoms with E-state index >= 15 is 0 Å². The lowest BCUT2D eigenvalue weighted by Crippen LogP contribution is -2.27. The van der Waals surface area contributed by atoms with Crippen LogP contribution in [0.15, 0.2) is 12.1 Å². The number of aryl methyl sites for hydroxylation is 3. The van der Waals surface area contributed by atoms with E-state index in [0.717, 1.165) is 29.8 Å². The van der Waals surface area contributed by atoms with Gasteiger partial charge in [0.15, 0.2) is 0 Å². The highest BCUT2D eigenvalue weighted by molar-refractivity contribution is 5.92. The van der Waals surface area contributed by atoms with E-state index in [2.05, 4.69) is 29.7 Å². The van der Waals surface area contributed by atoms with E-state index in [1.54, 1.807) is 0 Å². The molecule has 1 aromatic rings. The fourth-order valence-corrected chi connectivity index (χ4v) is 2.72. The number of hydrogen-bond donors (Lipinski definition) is 2. The molecule has 1 unspecified atom stereocenters. The summed E-state index contributed by atoms with van der Waals surface area (Å²) in [5.74, 6) is 0.115. The fourth-order valence-electron chi connectivity index (χ4n) is 2.72. The zero-order valence-electron chi connectivity index (χ0n) is 11.9. The molecule has 0 radical (unpaired) electrons. The molecule has 1 fully saturated rings.